The van der Waals surface area contributed by atoms with Gasteiger partial charge in [-0.25, -0.2) is 0 Å². The maximum atomic E-state index is 6.11. The summed E-state index contributed by atoms with van der Waals surface area (Å²) in [6.45, 7) is 7.12. The molecule has 1 aromatic rings. The van der Waals surface area contributed by atoms with Crippen LogP contribution in [0.5, 0.6) is 0 Å². The van der Waals surface area contributed by atoms with Crippen LogP contribution in [0.3, 0.4) is 0 Å². The Balaban J connectivity index is 0.00000324. The fourth-order valence-electron chi connectivity index (χ4n) is 1.55. The summed E-state index contributed by atoms with van der Waals surface area (Å²) in [6.07, 6.45) is 0.879. The van der Waals surface area contributed by atoms with E-state index in [2.05, 4.69) is 36.4 Å². The minimum absolute atomic E-state index is 0. The molecule has 0 radical (unpaired) electrons. The molecule has 108 valence electrons. The van der Waals surface area contributed by atoms with E-state index in [-0.39, 0.29) is 29.5 Å². The van der Waals surface area contributed by atoms with Crippen molar-refractivity contribution in [1.29, 1.82) is 0 Å². The van der Waals surface area contributed by atoms with E-state index in [1.165, 1.54) is 0 Å². The van der Waals surface area contributed by atoms with Gasteiger partial charge in [0, 0.05) is 24.2 Å². The Morgan fingerprint density at radius 3 is 2.42 bits per heavy atom. The minimum atomic E-state index is 0. The van der Waals surface area contributed by atoms with Gasteiger partial charge >= 0.3 is 0 Å². The summed E-state index contributed by atoms with van der Waals surface area (Å²) in [5.41, 5.74) is 1.16. The van der Waals surface area contributed by atoms with E-state index in [4.69, 9.17) is 11.6 Å². The molecule has 0 aromatic heterocycles. The highest BCUT2D eigenvalue weighted by molar-refractivity contribution is 14.0. The van der Waals surface area contributed by atoms with Crippen molar-refractivity contribution in [3.05, 3.63) is 34.9 Å². The monoisotopic (exact) mass is 395 g/mol. The van der Waals surface area contributed by atoms with Crippen molar-refractivity contribution in [1.82, 2.24) is 10.6 Å². The van der Waals surface area contributed by atoms with Gasteiger partial charge in [-0.3, -0.25) is 4.99 Å². The van der Waals surface area contributed by atoms with E-state index in [9.17, 15) is 0 Å². The molecule has 19 heavy (non-hydrogen) atoms. The van der Waals surface area contributed by atoms with Crippen LogP contribution in [0.4, 0.5) is 0 Å². The fourth-order valence-corrected chi connectivity index (χ4v) is 1.78. The first-order chi connectivity index (χ1) is 8.42. The van der Waals surface area contributed by atoms with Crippen LogP contribution < -0.4 is 10.6 Å². The Morgan fingerprint density at radius 2 is 1.89 bits per heavy atom. The summed E-state index contributed by atoms with van der Waals surface area (Å²) in [5, 5.41) is 7.41. The zero-order chi connectivity index (χ0) is 13.6. The number of hydrogen-bond acceptors (Lipinski definition) is 1. The molecule has 0 aliphatic rings. The second-order valence-electron chi connectivity index (χ2n) is 5.22. The smallest absolute Gasteiger partial charge is 0.191 e. The molecule has 0 bridgehead atoms. The van der Waals surface area contributed by atoms with Crippen molar-refractivity contribution in [3.8, 4) is 0 Å². The lowest BCUT2D eigenvalue weighted by Crippen LogP contribution is -2.48. The van der Waals surface area contributed by atoms with Crippen LogP contribution in [0.25, 0.3) is 0 Å². The van der Waals surface area contributed by atoms with Crippen LogP contribution in [-0.4, -0.2) is 25.1 Å². The van der Waals surface area contributed by atoms with Crippen molar-refractivity contribution in [2.75, 3.05) is 13.6 Å². The normalized spacial score (nSPS) is 11.7. The van der Waals surface area contributed by atoms with E-state index in [1.54, 1.807) is 7.05 Å². The van der Waals surface area contributed by atoms with Crippen LogP contribution in [0.1, 0.15) is 26.3 Å². The van der Waals surface area contributed by atoms with Gasteiger partial charge in [0.15, 0.2) is 5.96 Å². The number of nitrogens with one attached hydrogen (secondary N) is 2. The van der Waals surface area contributed by atoms with Crippen molar-refractivity contribution in [2.24, 2.45) is 4.99 Å². The highest BCUT2D eigenvalue weighted by Crippen LogP contribution is 2.14. The summed E-state index contributed by atoms with van der Waals surface area (Å²) in [5.74, 6) is 0.814. The number of guanidine groups is 1. The molecule has 0 unspecified atom stereocenters. The first kappa shape index (κ1) is 18.5. The van der Waals surface area contributed by atoms with Crippen LogP contribution in [0.2, 0.25) is 5.02 Å². The molecule has 0 fully saturated rings. The summed E-state index contributed by atoms with van der Waals surface area (Å²) >= 11 is 6.11. The van der Waals surface area contributed by atoms with Gasteiger partial charge in [-0.1, -0.05) is 29.8 Å². The standard InChI is InChI=1S/C14H22ClN3.HI/c1-14(2,3)18-13(16-4)17-10-9-11-7-5-6-8-12(11)15;/h5-8H,9-10H2,1-4H3,(H2,16,17,18);1H. The molecule has 0 atom stereocenters. The maximum absolute atomic E-state index is 6.11. The molecule has 0 aliphatic heterocycles. The zero-order valence-electron chi connectivity index (χ0n) is 12.0. The lowest BCUT2D eigenvalue weighted by molar-refractivity contribution is 0.501. The maximum Gasteiger partial charge on any atom is 0.191 e. The van der Waals surface area contributed by atoms with Gasteiger partial charge in [0.25, 0.3) is 0 Å². The van der Waals surface area contributed by atoms with Crippen molar-refractivity contribution >= 4 is 41.5 Å². The van der Waals surface area contributed by atoms with Gasteiger partial charge < -0.3 is 10.6 Å². The predicted octanol–water partition coefficient (Wildman–Crippen LogP) is 3.46. The van der Waals surface area contributed by atoms with E-state index in [0.717, 1.165) is 29.5 Å². The number of benzene rings is 1. The molecule has 2 N–H and O–H groups in total. The highest BCUT2D eigenvalue weighted by atomic mass is 127. The molecule has 0 saturated carbocycles. The molecule has 3 nitrogen and oxygen atoms in total. The summed E-state index contributed by atoms with van der Waals surface area (Å²) in [4.78, 5) is 4.19. The van der Waals surface area contributed by atoms with Crippen LogP contribution in [-0.2, 0) is 6.42 Å². The molecule has 0 heterocycles. The fraction of sp³-hybridized carbons (Fsp3) is 0.500. The van der Waals surface area contributed by atoms with Gasteiger partial charge in [-0.05, 0) is 38.8 Å². The van der Waals surface area contributed by atoms with Gasteiger partial charge in [-0.15, -0.1) is 24.0 Å². The molecule has 0 amide bonds. The molecule has 1 aromatic carbocycles. The Kier molecular flexibility index (Phi) is 8.41. The van der Waals surface area contributed by atoms with Gasteiger partial charge in [0.1, 0.15) is 0 Å². The summed E-state index contributed by atoms with van der Waals surface area (Å²) in [7, 11) is 1.77. The lowest BCUT2D eigenvalue weighted by atomic mass is 10.1. The largest absolute Gasteiger partial charge is 0.356 e. The quantitative estimate of drug-likeness (QED) is 0.467. The van der Waals surface area contributed by atoms with E-state index in [0.29, 0.717) is 0 Å². The Bertz CT molecular complexity index is 413. The van der Waals surface area contributed by atoms with Crippen LogP contribution in [0, 0.1) is 0 Å². The Hall–Kier alpha value is -0.490. The summed E-state index contributed by atoms with van der Waals surface area (Å²) in [6, 6.07) is 7.91. The first-order valence-electron chi connectivity index (χ1n) is 6.14. The number of rotatable bonds is 3. The number of halogens is 2. The molecule has 0 saturated heterocycles. The second-order valence-corrected chi connectivity index (χ2v) is 5.62. The molecule has 1 rings (SSSR count). The third-order valence-electron chi connectivity index (χ3n) is 2.36. The predicted molar refractivity (Wildman–Crippen MR) is 94.8 cm³/mol. The Labute approximate surface area is 138 Å². The minimum Gasteiger partial charge on any atom is -0.356 e. The Morgan fingerprint density at radius 1 is 1.26 bits per heavy atom. The van der Waals surface area contributed by atoms with Crippen molar-refractivity contribution in [2.45, 2.75) is 32.7 Å². The average Bonchev–Trinajstić information content (AvgIpc) is 2.28. The highest BCUT2D eigenvalue weighted by Gasteiger charge is 2.11. The number of hydrogen-bond donors (Lipinski definition) is 2. The second kappa shape index (κ2) is 8.64. The first-order valence-corrected chi connectivity index (χ1v) is 6.52. The van der Waals surface area contributed by atoms with Crippen molar-refractivity contribution in [3.63, 3.8) is 0 Å². The van der Waals surface area contributed by atoms with E-state index < -0.39 is 0 Å². The molecule has 0 aliphatic carbocycles. The SMILES string of the molecule is CN=C(NCCc1ccccc1Cl)NC(C)(C)C.I. The van der Waals surface area contributed by atoms with Gasteiger partial charge in [-0.2, -0.15) is 0 Å². The van der Waals surface area contributed by atoms with E-state index in [1.807, 2.05) is 24.3 Å². The molecule has 5 heteroatoms. The number of aliphatic imine (C=N–C) groups is 1. The molecular weight excluding hydrogens is 373 g/mol. The third-order valence-corrected chi connectivity index (χ3v) is 2.73. The molecule has 0 spiro atoms. The van der Waals surface area contributed by atoms with Crippen LogP contribution in [0.15, 0.2) is 29.3 Å². The number of nitrogens with zero attached hydrogens (tertiary/aromatic N) is 1. The van der Waals surface area contributed by atoms with Crippen molar-refractivity contribution < 1.29 is 0 Å². The zero-order valence-corrected chi connectivity index (χ0v) is 15.0. The van der Waals surface area contributed by atoms with Gasteiger partial charge in [0.05, 0.1) is 0 Å². The molecular formula is C14H23ClIN3. The van der Waals surface area contributed by atoms with Crippen LogP contribution >= 0.6 is 35.6 Å². The average molecular weight is 396 g/mol. The van der Waals surface area contributed by atoms with Gasteiger partial charge in [0.2, 0.25) is 0 Å². The summed E-state index contributed by atoms with van der Waals surface area (Å²) < 4.78 is 0. The third kappa shape index (κ3) is 7.62. The lowest BCUT2D eigenvalue weighted by Gasteiger charge is -2.23. The topological polar surface area (TPSA) is 36.4 Å². The van der Waals surface area contributed by atoms with E-state index >= 15 is 0 Å².